The van der Waals surface area contributed by atoms with Gasteiger partial charge >= 0.3 is 0 Å². The van der Waals surface area contributed by atoms with Crippen LogP contribution in [0.25, 0.3) is 0 Å². The fourth-order valence-electron chi connectivity index (χ4n) is 1.68. The Labute approximate surface area is 73.7 Å². The van der Waals surface area contributed by atoms with Crippen LogP contribution in [0.2, 0.25) is 0 Å². The van der Waals surface area contributed by atoms with Gasteiger partial charge in [0, 0.05) is 19.7 Å². The average molecular weight is 171 g/mol. The summed E-state index contributed by atoms with van der Waals surface area (Å²) in [6.45, 7) is 3.24. The topological polar surface area (TPSA) is 29.5 Å². The van der Waals surface area contributed by atoms with Crippen LogP contribution in [0.1, 0.15) is 26.2 Å². The maximum Gasteiger partial charge on any atom is 0.248 e. The van der Waals surface area contributed by atoms with E-state index in [2.05, 4.69) is 6.92 Å². The molecule has 0 radical (unpaired) electrons. The van der Waals surface area contributed by atoms with Crippen LogP contribution in [0.5, 0.6) is 0 Å². The van der Waals surface area contributed by atoms with Crippen molar-refractivity contribution < 1.29 is 9.53 Å². The zero-order valence-electron chi connectivity index (χ0n) is 7.88. The van der Waals surface area contributed by atoms with Crippen molar-refractivity contribution in [1.82, 2.24) is 4.90 Å². The molecule has 3 nitrogen and oxygen atoms in total. The van der Waals surface area contributed by atoms with Gasteiger partial charge in [-0.05, 0) is 26.2 Å². The Morgan fingerprint density at radius 1 is 1.58 bits per heavy atom. The molecule has 0 aromatic heterocycles. The lowest BCUT2D eigenvalue weighted by Gasteiger charge is -2.33. The number of nitrogens with zero attached hydrogens (tertiary/aromatic N) is 1. The van der Waals surface area contributed by atoms with Crippen molar-refractivity contribution in [3.8, 4) is 0 Å². The standard InChI is InChI=1S/C9H17NO2/c1-8-5-3-4-6-10(8)9(11)7-12-2/h8H,3-7H2,1-2H3. The first-order chi connectivity index (χ1) is 5.75. The molecule has 0 bridgehead atoms. The molecule has 1 unspecified atom stereocenters. The van der Waals surface area contributed by atoms with E-state index in [1.165, 1.54) is 6.42 Å². The predicted molar refractivity (Wildman–Crippen MR) is 46.9 cm³/mol. The summed E-state index contributed by atoms with van der Waals surface area (Å²) in [4.78, 5) is 13.3. The molecule has 1 aliphatic rings. The number of ether oxygens (including phenoxy) is 1. The van der Waals surface area contributed by atoms with E-state index in [1.54, 1.807) is 7.11 Å². The largest absolute Gasteiger partial charge is 0.375 e. The molecule has 12 heavy (non-hydrogen) atoms. The number of rotatable bonds is 2. The summed E-state index contributed by atoms with van der Waals surface area (Å²) in [5, 5.41) is 0. The lowest BCUT2D eigenvalue weighted by molar-refractivity contribution is -0.138. The minimum atomic E-state index is 0.129. The number of hydrogen-bond donors (Lipinski definition) is 0. The second-order valence-electron chi connectivity index (χ2n) is 3.36. The lowest BCUT2D eigenvalue weighted by Crippen LogP contribution is -2.43. The number of carbonyl (C=O) groups is 1. The van der Waals surface area contributed by atoms with Gasteiger partial charge in [0.05, 0.1) is 0 Å². The molecule has 1 atom stereocenters. The molecule has 1 rings (SSSR count). The van der Waals surface area contributed by atoms with Crippen LogP contribution in [0.4, 0.5) is 0 Å². The minimum absolute atomic E-state index is 0.129. The van der Waals surface area contributed by atoms with Crippen LogP contribution in [0, 0.1) is 0 Å². The summed E-state index contributed by atoms with van der Waals surface area (Å²) in [6, 6.07) is 0.404. The van der Waals surface area contributed by atoms with Crippen molar-refractivity contribution in [3.63, 3.8) is 0 Å². The molecule has 1 fully saturated rings. The van der Waals surface area contributed by atoms with E-state index < -0.39 is 0 Å². The summed E-state index contributed by atoms with van der Waals surface area (Å²) in [6.07, 6.45) is 3.52. The van der Waals surface area contributed by atoms with Crippen molar-refractivity contribution in [3.05, 3.63) is 0 Å². The zero-order chi connectivity index (χ0) is 8.97. The molecule has 0 aliphatic carbocycles. The number of methoxy groups -OCH3 is 1. The van der Waals surface area contributed by atoms with Crippen molar-refractivity contribution in [1.29, 1.82) is 0 Å². The van der Waals surface area contributed by atoms with Crippen molar-refractivity contribution >= 4 is 5.91 Å². The van der Waals surface area contributed by atoms with E-state index in [1.807, 2.05) is 4.90 Å². The summed E-state index contributed by atoms with van der Waals surface area (Å²) in [5.74, 6) is 0.129. The highest BCUT2D eigenvalue weighted by atomic mass is 16.5. The second-order valence-corrected chi connectivity index (χ2v) is 3.36. The zero-order valence-corrected chi connectivity index (χ0v) is 7.88. The van der Waals surface area contributed by atoms with E-state index in [9.17, 15) is 4.79 Å². The first-order valence-corrected chi connectivity index (χ1v) is 4.54. The van der Waals surface area contributed by atoms with Crippen LogP contribution in [-0.2, 0) is 9.53 Å². The average Bonchev–Trinajstić information content (AvgIpc) is 2.05. The van der Waals surface area contributed by atoms with Gasteiger partial charge in [-0.3, -0.25) is 4.79 Å². The molecule has 1 amide bonds. The third-order valence-electron chi connectivity index (χ3n) is 2.39. The molecule has 0 aromatic carbocycles. The Morgan fingerprint density at radius 2 is 2.33 bits per heavy atom. The van der Waals surface area contributed by atoms with Gasteiger partial charge in [-0.25, -0.2) is 0 Å². The summed E-state index contributed by atoms with van der Waals surface area (Å²) >= 11 is 0. The summed E-state index contributed by atoms with van der Waals surface area (Å²) < 4.78 is 4.81. The van der Waals surface area contributed by atoms with E-state index in [0.29, 0.717) is 6.04 Å². The minimum Gasteiger partial charge on any atom is -0.375 e. The number of carbonyl (C=O) groups excluding carboxylic acids is 1. The maximum atomic E-state index is 11.4. The van der Waals surface area contributed by atoms with Gasteiger partial charge in [-0.2, -0.15) is 0 Å². The first kappa shape index (κ1) is 9.52. The van der Waals surface area contributed by atoms with Crippen LogP contribution in [0.15, 0.2) is 0 Å². The van der Waals surface area contributed by atoms with Gasteiger partial charge < -0.3 is 9.64 Å². The van der Waals surface area contributed by atoms with Crippen molar-refractivity contribution in [2.75, 3.05) is 20.3 Å². The molecule has 0 spiro atoms. The molecule has 0 saturated carbocycles. The molecule has 0 aromatic rings. The Bertz CT molecular complexity index is 159. The third-order valence-corrected chi connectivity index (χ3v) is 2.39. The highest BCUT2D eigenvalue weighted by Crippen LogP contribution is 2.16. The van der Waals surface area contributed by atoms with E-state index >= 15 is 0 Å². The van der Waals surface area contributed by atoms with E-state index in [0.717, 1.165) is 19.4 Å². The number of amides is 1. The fraction of sp³-hybridized carbons (Fsp3) is 0.889. The van der Waals surface area contributed by atoms with Crippen LogP contribution < -0.4 is 0 Å². The van der Waals surface area contributed by atoms with E-state index in [4.69, 9.17) is 4.74 Å². The Kier molecular flexibility index (Phi) is 3.53. The Hall–Kier alpha value is -0.570. The maximum absolute atomic E-state index is 11.4. The monoisotopic (exact) mass is 171 g/mol. The van der Waals surface area contributed by atoms with Gasteiger partial charge in [0.25, 0.3) is 0 Å². The SMILES string of the molecule is COCC(=O)N1CCCCC1C. The van der Waals surface area contributed by atoms with Crippen molar-refractivity contribution in [2.45, 2.75) is 32.2 Å². The van der Waals surface area contributed by atoms with Gasteiger partial charge in [-0.15, -0.1) is 0 Å². The van der Waals surface area contributed by atoms with Crippen LogP contribution in [0.3, 0.4) is 0 Å². The fourth-order valence-corrected chi connectivity index (χ4v) is 1.68. The number of hydrogen-bond acceptors (Lipinski definition) is 2. The first-order valence-electron chi connectivity index (χ1n) is 4.54. The predicted octanol–water partition coefficient (Wildman–Crippen LogP) is 1.03. The van der Waals surface area contributed by atoms with E-state index in [-0.39, 0.29) is 12.5 Å². The summed E-state index contributed by atoms with van der Waals surface area (Å²) in [7, 11) is 1.56. The normalized spacial score (nSPS) is 24.2. The molecule has 1 heterocycles. The smallest absolute Gasteiger partial charge is 0.248 e. The molecule has 3 heteroatoms. The summed E-state index contributed by atoms with van der Waals surface area (Å²) in [5.41, 5.74) is 0. The molecular weight excluding hydrogens is 154 g/mol. The second kappa shape index (κ2) is 4.45. The van der Waals surface area contributed by atoms with Crippen molar-refractivity contribution in [2.24, 2.45) is 0 Å². The van der Waals surface area contributed by atoms with Crippen LogP contribution >= 0.6 is 0 Å². The molecule has 70 valence electrons. The number of piperidine rings is 1. The molecular formula is C9H17NO2. The Morgan fingerprint density at radius 3 is 2.92 bits per heavy atom. The van der Waals surface area contributed by atoms with Crippen LogP contribution in [-0.4, -0.2) is 37.1 Å². The molecule has 1 saturated heterocycles. The van der Waals surface area contributed by atoms with Gasteiger partial charge in [0.2, 0.25) is 5.91 Å². The lowest BCUT2D eigenvalue weighted by atomic mass is 10.0. The molecule has 1 aliphatic heterocycles. The quantitative estimate of drug-likeness (QED) is 0.621. The highest BCUT2D eigenvalue weighted by molar-refractivity contribution is 5.77. The highest BCUT2D eigenvalue weighted by Gasteiger charge is 2.22. The van der Waals surface area contributed by atoms with Gasteiger partial charge in [0.1, 0.15) is 6.61 Å². The molecule has 0 N–H and O–H groups in total. The Balaban J connectivity index is 2.42. The number of likely N-dealkylation sites (tertiary alicyclic amines) is 1. The third kappa shape index (κ3) is 2.21. The van der Waals surface area contributed by atoms with Gasteiger partial charge in [0.15, 0.2) is 0 Å². The van der Waals surface area contributed by atoms with Gasteiger partial charge in [-0.1, -0.05) is 0 Å².